The zero-order valence-corrected chi connectivity index (χ0v) is 11.6. The molecule has 16 heavy (non-hydrogen) atoms. The first kappa shape index (κ1) is 13.4. The van der Waals surface area contributed by atoms with E-state index in [1.807, 2.05) is 30.3 Å². The van der Waals surface area contributed by atoms with Crippen LogP contribution in [0.2, 0.25) is 0 Å². The summed E-state index contributed by atoms with van der Waals surface area (Å²) < 4.78 is 0. The molecule has 1 nitrogen and oxygen atoms in total. The van der Waals surface area contributed by atoms with Gasteiger partial charge in [-0.15, -0.1) is 0 Å². The standard InChI is InChI=1S/C14H23OP/c1-4-12-16(5-2,6-3)14(15)13-10-8-7-9-11-13/h7-11,16H,4-6,12H2,1-3H3. The van der Waals surface area contributed by atoms with E-state index in [4.69, 9.17) is 0 Å². The number of rotatable bonds is 6. The molecule has 0 spiro atoms. The second kappa shape index (κ2) is 6.15. The van der Waals surface area contributed by atoms with Gasteiger partial charge < -0.3 is 0 Å². The molecule has 0 aliphatic heterocycles. The Morgan fingerprint density at radius 2 is 1.62 bits per heavy atom. The van der Waals surface area contributed by atoms with Crippen molar-refractivity contribution in [3.8, 4) is 0 Å². The van der Waals surface area contributed by atoms with Crippen molar-refractivity contribution >= 4 is 12.8 Å². The van der Waals surface area contributed by atoms with Crippen LogP contribution in [0, 0.1) is 0 Å². The van der Waals surface area contributed by atoms with E-state index in [2.05, 4.69) is 20.8 Å². The molecule has 0 unspecified atom stereocenters. The van der Waals surface area contributed by atoms with Crippen LogP contribution in [0.4, 0.5) is 0 Å². The molecule has 0 aromatic heterocycles. The minimum atomic E-state index is -1.73. The third-order valence-corrected chi connectivity index (χ3v) is 9.02. The SMILES string of the molecule is CCC[PH](CC)(CC)C(=O)c1ccccc1. The molecule has 1 aromatic rings. The summed E-state index contributed by atoms with van der Waals surface area (Å²) >= 11 is 0. The topological polar surface area (TPSA) is 17.1 Å². The van der Waals surface area contributed by atoms with E-state index < -0.39 is 7.26 Å². The number of hydrogen-bond acceptors (Lipinski definition) is 1. The van der Waals surface area contributed by atoms with Gasteiger partial charge >= 0.3 is 99.2 Å². The molecule has 0 heterocycles. The quantitative estimate of drug-likeness (QED) is 0.684. The Morgan fingerprint density at radius 1 is 1.06 bits per heavy atom. The van der Waals surface area contributed by atoms with Crippen molar-refractivity contribution in [1.82, 2.24) is 0 Å². The Balaban J connectivity index is 3.00. The van der Waals surface area contributed by atoms with E-state index in [1.54, 1.807) is 0 Å². The van der Waals surface area contributed by atoms with E-state index in [1.165, 1.54) is 0 Å². The van der Waals surface area contributed by atoms with Gasteiger partial charge in [0.2, 0.25) is 0 Å². The Hall–Kier alpha value is -0.680. The summed E-state index contributed by atoms with van der Waals surface area (Å²) in [5.41, 5.74) is 1.38. The Labute approximate surface area is 99.6 Å². The average molecular weight is 238 g/mol. The Morgan fingerprint density at radius 3 is 2.06 bits per heavy atom. The maximum absolute atomic E-state index is 12.6. The fraction of sp³-hybridized carbons (Fsp3) is 0.500. The first-order valence-electron chi connectivity index (χ1n) is 6.30. The summed E-state index contributed by atoms with van der Waals surface area (Å²) in [5, 5.41) is 0. The molecule has 90 valence electrons. The second-order valence-corrected chi connectivity index (χ2v) is 9.36. The Bertz CT molecular complexity index is 328. The third kappa shape index (κ3) is 2.71. The van der Waals surface area contributed by atoms with Gasteiger partial charge in [0, 0.05) is 0 Å². The van der Waals surface area contributed by atoms with Crippen molar-refractivity contribution in [3.63, 3.8) is 0 Å². The molecule has 0 atom stereocenters. The molecule has 0 aliphatic carbocycles. The van der Waals surface area contributed by atoms with Crippen molar-refractivity contribution in [1.29, 1.82) is 0 Å². The summed E-state index contributed by atoms with van der Waals surface area (Å²) in [6, 6.07) is 9.82. The van der Waals surface area contributed by atoms with Crippen LogP contribution in [0.3, 0.4) is 0 Å². The molecule has 1 rings (SSSR count). The predicted octanol–water partition coefficient (Wildman–Crippen LogP) is 4.03. The molecule has 0 saturated heterocycles. The van der Waals surface area contributed by atoms with Crippen LogP contribution in [0.25, 0.3) is 0 Å². The maximum atomic E-state index is 12.6. The molecule has 1 aromatic carbocycles. The molecule has 0 bridgehead atoms. The fourth-order valence-electron chi connectivity index (χ4n) is 2.41. The summed E-state index contributed by atoms with van der Waals surface area (Å²) in [5.74, 6) is 0. The normalized spacial score (nSPS) is 12.4. The van der Waals surface area contributed by atoms with Gasteiger partial charge in [-0.2, -0.15) is 0 Å². The molecule has 0 saturated carbocycles. The van der Waals surface area contributed by atoms with Gasteiger partial charge in [-0.1, -0.05) is 0 Å². The monoisotopic (exact) mass is 238 g/mol. The minimum absolute atomic E-state index is 0.458. The van der Waals surface area contributed by atoms with Crippen molar-refractivity contribution < 1.29 is 4.79 Å². The van der Waals surface area contributed by atoms with Crippen molar-refractivity contribution in [2.24, 2.45) is 0 Å². The number of carbonyl (C=O) groups excluding carboxylic acids is 1. The van der Waals surface area contributed by atoms with Gasteiger partial charge in [0.1, 0.15) is 0 Å². The van der Waals surface area contributed by atoms with E-state index >= 15 is 0 Å². The molecule has 0 radical (unpaired) electrons. The first-order chi connectivity index (χ1) is 7.70. The van der Waals surface area contributed by atoms with Crippen LogP contribution in [-0.2, 0) is 0 Å². The van der Waals surface area contributed by atoms with Crippen LogP contribution in [-0.4, -0.2) is 24.0 Å². The fourth-order valence-corrected chi connectivity index (χ4v) is 6.23. The molecule has 0 aliphatic rings. The van der Waals surface area contributed by atoms with Crippen molar-refractivity contribution in [3.05, 3.63) is 35.9 Å². The van der Waals surface area contributed by atoms with Gasteiger partial charge in [-0.25, -0.2) is 0 Å². The number of carbonyl (C=O) groups is 1. The zero-order chi connectivity index (χ0) is 12.0. The van der Waals surface area contributed by atoms with Gasteiger partial charge in [0.15, 0.2) is 0 Å². The van der Waals surface area contributed by atoms with E-state index in [9.17, 15) is 4.79 Å². The first-order valence-corrected chi connectivity index (χ1v) is 8.92. The molecule has 2 heteroatoms. The number of benzene rings is 1. The summed E-state index contributed by atoms with van der Waals surface area (Å²) in [6.07, 6.45) is 4.41. The molecular formula is C14H23OP. The summed E-state index contributed by atoms with van der Waals surface area (Å²) in [6.45, 7) is 6.56. The molecule has 0 amide bonds. The van der Waals surface area contributed by atoms with Crippen molar-refractivity contribution in [2.75, 3.05) is 18.5 Å². The molecular weight excluding hydrogens is 215 g/mol. The van der Waals surface area contributed by atoms with Gasteiger partial charge in [-0.3, -0.25) is 0 Å². The zero-order valence-electron chi connectivity index (χ0n) is 10.6. The number of hydrogen-bond donors (Lipinski definition) is 0. The summed E-state index contributed by atoms with van der Waals surface area (Å²) in [4.78, 5) is 12.6. The Kier molecular flexibility index (Phi) is 5.15. The van der Waals surface area contributed by atoms with E-state index in [-0.39, 0.29) is 0 Å². The average Bonchev–Trinajstić information content (AvgIpc) is 2.36. The molecule has 0 fully saturated rings. The molecule has 0 N–H and O–H groups in total. The van der Waals surface area contributed by atoms with Crippen LogP contribution in [0.1, 0.15) is 37.6 Å². The van der Waals surface area contributed by atoms with Gasteiger partial charge in [-0.05, 0) is 0 Å². The second-order valence-electron chi connectivity index (χ2n) is 4.43. The third-order valence-electron chi connectivity index (χ3n) is 3.60. The van der Waals surface area contributed by atoms with Crippen LogP contribution < -0.4 is 0 Å². The van der Waals surface area contributed by atoms with E-state index in [0.29, 0.717) is 5.52 Å². The predicted molar refractivity (Wildman–Crippen MR) is 75.3 cm³/mol. The van der Waals surface area contributed by atoms with Gasteiger partial charge in [0.05, 0.1) is 0 Å². The van der Waals surface area contributed by atoms with Crippen LogP contribution >= 0.6 is 7.26 Å². The van der Waals surface area contributed by atoms with Gasteiger partial charge in [0.25, 0.3) is 0 Å². The van der Waals surface area contributed by atoms with Crippen molar-refractivity contribution in [2.45, 2.75) is 27.2 Å². The van der Waals surface area contributed by atoms with E-state index in [0.717, 1.165) is 30.5 Å². The van der Waals surface area contributed by atoms with Crippen LogP contribution in [0.5, 0.6) is 0 Å². The van der Waals surface area contributed by atoms with Crippen LogP contribution in [0.15, 0.2) is 30.3 Å². The summed E-state index contributed by atoms with van der Waals surface area (Å²) in [7, 11) is -1.73.